The van der Waals surface area contributed by atoms with Crippen LogP contribution in [0.5, 0.6) is 28.7 Å². The van der Waals surface area contributed by atoms with E-state index in [9.17, 15) is 9.18 Å². The molecule has 0 fully saturated rings. The first-order valence-corrected chi connectivity index (χ1v) is 9.95. The van der Waals surface area contributed by atoms with Crippen molar-refractivity contribution in [1.82, 2.24) is 0 Å². The van der Waals surface area contributed by atoms with Gasteiger partial charge < -0.3 is 29.0 Å². The summed E-state index contributed by atoms with van der Waals surface area (Å²) in [5, 5.41) is 3.08. The van der Waals surface area contributed by atoms with Crippen LogP contribution in [0, 0.1) is 5.82 Å². The topological polar surface area (TPSA) is 75.3 Å². The maximum absolute atomic E-state index is 14.9. The van der Waals surface area contributed by atoms with Gasteiger partial charge in [0.25, 0.3) is 0 Å². The number of ketones is 1. The van der Waals surface area contributed by atoms with Crippen LogP contribution in [-0.2, 0) is 13.2 Å². The minimum atomic E-state index is -0.534. The number of halogens is 1. The number of nitrogens with one attached hydrogen (secondary N) is 1. The summed E-state index contributed by atoms with van der Waals surface area (Å²) in [6.07, 6.45) is 0. The van der Waals surface area contributed by atoms with Crippen molar-refractivity contribution in [2.75, 3.05) is 26.3 Å². The Balaban J connectivity index is 1.42. The molecule has 1 N–H and O–H groups in total. The molecule has 0 spiro atoms. The molecule has 0 atom stereocenters. The predicted octanol–water partition coefficient (Wildman–Crippen LogP) is 4.31. The number of carbonyl (C=O) groups is 1. The molecular weight excluding hydrogens is 417 g/mol. The third-order valence-electron chi connectivity index (χ3n) is 5.50. The molecule has 164 valence electrons. The van der Waals surface area contributed by atoms with Crippen LogP contribution >= 0.6 is 0 Å². The molecule has 0 aromatic heterocycles. The van der Waals surface area contributed by atoms with Crippen molar-refractivity contribution in [2.24, 2.45) is 0 Å². The number of methoxy groups -OCH3 is 2. The van der Waals surface area contributed by atoms with E-state index >= 15 is 0 Å². The van der Waals surface area contributed by atoms with Crippen molar-refractivity contribution < 1.29 is 32.9 Å². The second-order valence-electron chi connectivity index (χ2n) is 7.34. The molecule has 2 aliphatic rings. The van der Waals surface area contributed by atoms with Gasteiger partial charge >= 0.3 is 0 Å². The zero-order chi connectivity index (χ0) is 22.2. The third kappa shape index (κ3) is 3.43. The summed E-state index contributed by atoms with van der Waals surface area (Å²) in [5.41, 5.74) is 2.25. The minimum absolute atomic E-state index is 0.0889. The zero-order valence-corrected chi connectivity index (χ0v) is 17.5. The number of hydrogen-bond acceptors (Lipinski definition) is 7. The summed E-state index contributed by atoms with van der Waals surface area (Å²) >= 11 is 0. The van der Waals surface area contributed by atoms with E-state index in [4.69, 9.17) is 23.7 Å². The zero-order valence-electron chi connectivity index (χ0n) is 17.5. The second-order valence-corrected chi connectivity index (χ2v) is 7.34. The largest absolute Gasteiger partial charge is 0.497 e. The highest BCUT2D eigenvalue weighted by Gasteiger charge is 2.28. The smallest absolute Gasteiger partial charge is 0.231 e. The van der Waals surface area contributed by atoms with E-state index in [1.807, 2.05) is 6.07 Å². The van der Waals surface area contributed by atoms with E-state index in [1.165, 1.54) is 6.07 Å². The van der Waals surface area contributed by atoms with Gasteiger partial charge in [-0.1, -0.05) is 0 Å². The van der Waals surface area contributed by atoms with E-state index < -0.39 is 5.82 Å². The maximum atomic E-state index is 14.9. The fraction of sp³-hybridized carbons (Fsp3) is 0.208. The van der Waals surface area contributed by atoms with Gasteiger partial charge in [0.15, 0.2) is 17.3 Å². The molecular formula is C24H20FNO6. The standard InChI is InChI=1S/C24H20FNO6/c1-28-15-4-3-13(20(6-15)29-2)10-26-19-5-14-11-30-21-9-23-22(31-12-32-23)8-17(21)24(27)16(14)7-18(19)25/h3-9,26H,10-12H2,1-2H3. The lowest BCUT2D eigenvalue weighted by Gasteiger charge is -2.14. The number of carbonyl (C=O) groups excluding carboxylic acids is 1. The molecule has 0 bridgehead atoms. The van der Waals surface area contributed by atoms with Crippen LogP contribution < -0.4 is 29.0 Å². The van der Waals surface area contributed by atoms with Gasteiger partial charge in [-0.2, -0.15) is 0 Å². The first-order valence-electron chi connectivity index (χ1n) is 9.95. The Morgan fingerprint density at radius 1 is 0.938 bits per heavy atom. The number of anilines is 1. The van der Waals surface area contributed by atoms with Crippen LogP contribution in [0.25, 0.3) is 0 Å². The first kappa shape index (κ1) is 20.0. The summed E-state index contributed by atoms with van der Waals surface area (Å²) in [6, 6.07) is 11.5. The average molecular weight is 437 g/mol. The van der Waals surface area contributed by atoms with Crippen molar-refractivity contribution in [3.8, 4) is 28.7 Å². The van der Waals surface area contributed by atoms with Crippen LogP contribution in [0.3, 0.4) is 0 Å². The van der Waals surface area contributed by atoms with E-state index in [0.717, 1.165) is 5.56 Å². The fourth-order valence-corrected chi connectivity index (χ4v) is 3.79. The number of hydrogen-bond donors (Lipinski definition) is 1. The Labute approximate surface area is 183 Å². The monoisotopic (exact) mass is 437 g/mol. The molecule has 7 nitrogen and oxygen atoms in total. The molecule has 0 aliphatic carbocycles. The molecule has 3 aromatic carbocycles. The summed E-state index contributed by atoms with van der Waals surface area (Å²) in [7, 11) is 3.14. The van der Waals surface area contributed by atoms with Gasteiger partial charge in [0.05, 0.1) is 25.5 Å². The molecule has 0 unspecified atom stereocenters. The van der Waals surface area contributed by atoms with Gasteiger partial charge in [0.2, 0.25) is 6.79 Å². The van der Waals surface area contributed by atoms with Gasteiger partial charge in [-0.05, 0) is 30.3 Å². The fourth-order valence-electron chi connectivity index (χ4n) is 3.79. The lowest BCUT2D eigenvalue weighted by molar-refractivity contribution is 0.103. The number of rotatable bonds is 5. The molecule has 5 rings (SSSR count). The van der Waals surface area contributed by atoms with Crippen LogP contribution in [0.4, 0.5) is 10.1 Å². The minimum Gasteiger partial charge on any atom is -0.497 e. The van der Waals surface area contributed by atoms with Crippen LogP contribution in [0.1, 0.15) is 27.0 Å². The van der Waals surface area contributed by atoms with Crippen molar-refractivity contribution in [3.63, 3.8) is 0 Å². The molecule has 0 saturated heterocycles. The summed E-state index contributed by atoms with van der Waals surface area (Å²) in [6.45, 7) is 0.527. The highest BCUT2D eigenvalue weighted by molar-refractivity contribution is 6.12. The van der Waals surface area contributed by atoms with Gasteiger partial charge in [0, 0.05) is 35.4 Å². The SMILES string of the molecule is COc1ccc(CNc2cc3c(cc2F)C(=O)c2cc4c(cc2OC3)OCO4)c(OC)c1. The number of benzene rings is 3. The predicted molar refractivity (Wildman–Crippen MR) is 114 cm³/mol. The summed E-state index contributed by atoms with van der Waals surface area (Å²) in [4.78, 5) is 13.1. The van der Waals surface area contributed by atoms with Gasteiger partial charge in [-0.25, -0.2) is 4.39 Å². The highest BCUT2D eigenvalue weighted by atomic mass is 19.1. The second kappa shape index (κ2) is 7.96. The van der Waals surface area contributed by atoms with E-state index in [1.54, 1.807) is 44.6 Å². The van der Waals surface area contributed by atoms with Crippen molar-refractivity contribution in [1.29, 1.82) is 0 Å². The van der Waals surface area contributed by atoms with Gasteiger partial charge in [-0.15, -0.1) is 0 Å². The Kier molecular flexibility index (Phi) is 4.97. The molecule has 32 heavy (non-hydrogen) atoms. The van der Waals surface area contributed by atoms with Crippen molar-refractivity contribution >= 4 is 11.5 Å². The van der Waals surface area contributed by atoms with Crippen molar-refractivity contribution in [3.05, 3.63) is 70.5 Å². The molecule has 0 amide bonds. The van der Waals surface area contributed by atoms with E-state index in [2.05, 4.69) is 5.32 Å². The highest BCUT2D eigenvalue weighted by Crippen LogP contribution is 2.41. The molecule has 0 saturated carbocycles. The summed E-state index contributed by atoms with van der Waals surface area (Å²) in [5.74, 6) is 1.80. The molecule has 2 heterocycles. The van der Waals surface area contributed by atoms with E-state index in [-0.39, 0.29) is 30.4 Å². The molecule has 3 aromatic rings. The Bertz CT molecular complexity index is 1230. The van der Waals surface area contributed by atoms with Crippen LogP contribution in [0.15, 0.2) is 42.5 Å². The lowest BCUT2D eigenvalue weighted by atomic mass is 9.98. The Morgan fingerprint density at radius 3 is 2.53 bits per heavy atom. The van der Waals surface area contributed by atoms with Gasteiger partial charge in [0.1, 0.15) is 29.7 Å². The number of ether oxygens (including phenoxy) is 5. The third-order valence-corrected chi connectivity index (χ3v) is 5.50. The van der Waals surface area contributed by atoms with Gasteiger partial charge in [-0.3, -0.25) is 4.79 Å². The number of fused-ring (bicyclic) bond motifs is 3. The summed E-state index contributed by atoms with van der Waals surface area (Å²) < 4.78 is 42.1. The lowest BCUT2D eigenvalue weighted by Crippen LogP contribution is -2.08. The molecule has 0 radical (unpaired) electrons. The van der Waals surface area contributed by atoms with Crippen molar-refractivity contribution in [2.45, 2.75) is 13.2 Å². The van der Waals surface area contributed by atoms with E-state index in [0.29, 0.717) is 46.4 Å². The maximum Gasteiger partial charge on any atom is 0.231 e. The van der Waals surface area contributed by atoms with Crippen LogP contribution in [-0.4, -0.2) is 26.8 Å². The quantitative estimate of drug-likeness (QED) is 0.638. The normalized spacial score (nSPS) is 13.5. The molecule has 2 aliphatic heterocycles. The Morgan fingerprint density at radius 2 is 1.75 bits per heavy atom. The average Bonchev–Trinajstić information content (AvgIpc) is 3.23. The molecule has 8 heteroatoms. The van der Waals surface area contributed by atoms with Crippen LogP contribution in [0.2, 0.25) is 0 Å². The Hall–Kier alpha value is -3.94. The first-order chi connectivity index (χ1) is 15.6.